The van der Waals surface area contributed by atoms with E-state index in [9.17, 15) is 9.18 Å². The summed E-state index contributed by atoms with van der Waals surface area (Å²) in [7, 11) is 0. The number of anilines is 1. The molecule has 0 saturated heterocycles. The molecule has 1 heterocycles. The lowest BCUT2D eigenvalue weighted by Crippen LogP contribution is -2.30. The van der Waals surface area contributed by atoms with E-state index in [4.69, 9.17) is 0 Å². The van der Waals surface area contributed by atoms with E-state index in [1.54, 1.807) is 13.8 Å². The van der Waals surface area contributed by atoms with Gasteiger partial charge >= 0.3 is 0 Å². The summed E-state index contributed by atoms with van der Waals surface area (Å²) in [5.41, 5.74) is 0.643. The molecule has 0 aliphatic heterocycles. The SMILES string of the molecule is CC(C)(Br)C(=O)Nc1nc2c(Br)cc(F)cc2s1. The van der Waals surface area contributed by atoms with Crippen molar-refractivity contribution in [2.45, 2.75) is 18.2 Å². The number of hydrogen-bond donors (Lipinski definition) is 1. The van der Waals surface area contributed by atoms with Crippen LogP contribution in [0.3, 0.4) is 0 Å². The second kappa shape index (κ2) is 4.86. The number of benzene rings is 1. The van der Waals surface area contributed by atoms with Gasteiger partial charge in [-0.2, -0.15) is 0 Å². The topological polar surface area (TPSA) is 42.0 Å². The second-order valence-electron chi connectivity index (χ2n) is 4.18. The molecule has 2 rings (SSSR count). The molecule has 0 saturated carbocycles. The van der Waals surface area contributed by atoms with Gasteiger partial charge in [0.15, 0.2) is 5.13 Å². The number of halogens is 3. The average Bonchev–Trinajstić information content (AvgIpc) is 2.58. The fraction of sp³-hybridized carbons (Fsp3) is 0.273. The van der Waals surface area contributed by atoms with Crippen molar-refractivity contribution in [2.75, 3.05) is 5.32 Å². The van der Waals surface area contributed by atoms with Crippen molar-refractivity contribution in [2.24, 2.45) is 0 Å². The zero-order chi connectivity index (χ0) is 13.5. The van der Waals surface area contributed by atoms with E-state index in [-0.39, 0.29) is 11.7 Å². The van der Waals surface area contributed by atoms with Gasteiger partial charge in [-0.25, -0.2) is 9.37 Å². The molecule has 0 bridgehead atoms. The van der Waals surface area contributed by atoms with E-state index < -0.39 is 4.32 Å². The fourth-order valence-corrected chi connectivity index (χ4v) is 2.92. The van der Waals surface area contributed by atoms with Crippen molar-refractivity contribution in [3.05, 3.63) is 22.4 Å². The molecule has 0 fully saturated rings. The Kier molecular flexibility index (Phi) is 3.75. The predicted octanol–water partition coefficient (Wildman–Crippen LogP) is 4.31. The summed E-state index contributed by atoms with van der Waals surface area (Å²) >= 11 is 7.75. The quantitative estimate of drug-likeness (QED) is 0.769. The highest BCUT2D eigenvalue weighted by Crippen LogP contribution is 2.32. The van der Waals surface area contributed by atoms with Crippen molar-refractivity contribution in [3.63, 3.8) is 0 Å². The van der Waals surface area contributed by atoms with Gasteiger partial charge in [-0.3, -0.25) is 4.79 Å². The lowest BCUT2D eigenvalue weighted by molar-refractivity contribution is -0.117. The van der Waals surface area contributed by atoms with Gasteiger partial charge in [-0.1, -0.05) is 27.3 Å². The van der Waals surface area contributed by atoms with Crippen LogP contribution in [-0.2, 0) is 4.79 Å². The maximum Gasteiger partial charge on any atom is 0.242 e. The predicted molar refractivity (Wildman–Crippen MR) is 78.9 cm³/mol. The molecule has 7 heteroatoms. The smallest absolute Gasteiger partial charge is 0.242 e. The van der Waals surface area contributed by atoms with Crippen LogP contribution in [0.5, 0.6) is 0 Å². The molecule has 0 aliphatic rings. The highest BCUT2D eigenvalue weighted by molar-refractivity contribution is 9.10. The molecule has 0 aliphatic carbocycles. The number of amides is 1. The van der Waals surface area contributed by atoms with Gasteiger partial charge in [-0.15, -0.1) is 0 Å². The zero-order valence-electron chi connectivity index (χ0n) is 9.55. The summed E-state index contributed by atoms with van der Waals surface area (Å²) in [5.74, 6) is -0.533. The first-order chi connectivity index (χ1) is 8.27. The number of hydrogen-bond acceptors (Lipinski definition) is 3. The number of nitrogens with one attached hydrogen (secondary N) is 1. The van der Waals surface area contributed by atoms with Crippen LogP contribution in [0.4, 0.5) is 9.52 Å². The van der Waals surface area contributed by atoms with Gasteiger partial charge in [0.05, 0.1) is 14.5 Å². The molecule has 0 atom stereocenters. The molecule has 0 unspecified atom stereocenters. The third kappa shape index (κ3) is 2.89. The van der Waals surface area contributed by atoms with Gasteiger partial charge in [0.2, 0.25) is 5.91 Å². The summed E-state index contributed by atoms with van der Waals surface area (Å²) in [6, 6.07) is 2.74. The van der Waals surface area contributed by atoms with Crippen molar-refractivity contribution < 1.29 is 9.18 Å². The molecule has 1 aromatic heterocycles. The normalized spacial score (nSPS) is 11.8. The lowest BCUT2D eigenvalue weighted by Gasteiger charge is -2.13. The molecule has 1 aromatic carbocycles. The van der Waals surface area contributed by atoms with Crippen LogP contribution in [0.25, 0.3) is 10.2 Å². The van der Waals surface area contributed by atoms with Crippen LogP contribution in [0, 0.1) is 5.82 Å². The maximum atomic E-state index is 13.2. The molecule has 1 N–H and O–H groups in total. The van der Waals surface area contributed by atoms with Gasteiger partial charge in [0.25, 0.3) is 0 Å². The van der Waals surface area contributed by atoms with Crippen molar-refractivity contribution in [1.29, 1.82) is 0 Å². The van der Waals surface area contributed by atoms with E-state index in [2.05, 4.69) is 42.2 Å². The molecule has 18 heavy (non-hydrogen) atoms. The molecule has 2 aromatic rings. The van der Waals surface area contributed by atoms with Crippen LogP contribution in [0.1, 0.15) is 13.8 Å². The fourth-order valence-electron chi connectivity index (χ4n) is 1.26. The first kappa shape index (κ1) is 13.9. The van der Waals surface area contributed by atoms with Crippen molar-refractivity contribution in [1.82, 2.24) is 4.98 Å². The van der Waals surface area contributed by atoms with Crippen molar-refractivity contribution >= 4 is 64.5 Å². The Hall–Kier alpha value is -0.530. The van der Waals surface area contributed by atoms with E-state index >= 15 is 0 Å². The Morgan fingerprint density at radius 1 is 1.50 bits per heavy atom. The molecule has 96 valence electrons. The van der Waals surface area contributed by atoms with Gasteiger partial charge in [0, 0.05) is 4.47 Å². The summed E-state index contributed by atoms with van der Waals surface area (Å²) in [6.07, 6.45) is 0. The van der Waals surface area contributed by atoms with Crippen LogP contribution in [0.2, 0.25) is 0 Å². The zero-order valence-corrected chi connectivity index (χ0v) is 13.5. The highest BCUT2D eigenvalue weighted by atomic mass is 79.9. The first-order valence-corrected chi connectivity index (χ1v) is 7.43. The number of carbonyl (C=O) groups excluding carboxylic acids is 1. The second-order valence-corrected chi connectivity index (χ2v) is 8.05. The minimum atomic E-state index is -0.673. The van der Waals surface area contributed by atoms with E-state index in [1.807, 2.05) is 0 Å². The molecule has 3 nitrogen and oxygen atoms in total. The summed E-state index contributed by atoms with van der Waals surface area (Å²) in [4.78, 5) is 16.0. The summed E-state index contributed by atoms with van der Waals surface area (Å²) in [5, 5.41) is 3.15. The third-order valence-corrected chi connectivity index (χ3v) is 4.06. The Morgan fingerprint density at radius 2 is 2.17 bits per heavy atom. The molecule has 1 amide bonds. The largest absolute Gasteiger partial charge is 0.301 e. The van der Waals surface area contributed by atoms with Crippen LogP contribution in [0.15, 0.2) is 16.6 Å². The van der Waals surface area contributed by atoms with Crippen LogP contribution >= 0.6 is 43.2 Å². The number of rotatable bonds is 2. The van der Waals surface area contributed by atoms with E-state index in [0.717, 1.165) is 0 Å². The minimum Gasteiger partial charge on any atom is -0.301 e. The maximum absolute atomic E-state index is 13.2. The number of thiazole rings is 1. The van der Waals surface area contributed by atoms with Gasteiger partial charge in [0.1, 0.15) is 5.82 Å². The summed E-state index contributed by atoms with van der Waals surface area (Å²) in [6.45, 7) is 3.48. The lowest BCUT2D eigenvalue weighted by atomic mass is 10.2. The number of carbonyl (C=O) groups is 1. The minimum absolute atomic E-state index is 0.196. The Bertz CT molecular complexity index is 621. The number of alkyl halides is 1. The van der Waals surface area contributed by atoms with E-state index in [0.29, 0.717) is 19.8 Å². The molecular formula is C11H9Br2FN2OS. The van der Waals surface area contributed by atoms with Crippen LogP contribution in [-0.4, -0.2) is 15.2 Å². The Labute approximate surface area is 124 Å². The van der Waals surface area contributed by atoms with Gasteiger partial charge < -0.3 is 5.32 Å². The first-order valence-electron chi connectivity index (χ1n) is 5.03. The third-order valence-electron chi connectivity index (χ3n) is 2.17. The summed E-state index contributed by atoms with van der Waals surface area (Å²) < 4.78 is 13.8. The Balaban J connectivity index is 2.37. The molecular weight excluding hydrogens is 387 g/mol. The number of nitrogens with zero attached hydrogens (tertiary/aromatic N) is 1. The number of aromatic nitrogens is 1. The standard InChI is InChI=1S/C11H9Br2FN2OS/c1-11(2,13)9(17)16-10-15-8-6(12)3-5(14)4-7(8)18-10/h3-4H,1-2H3,(H,15,16,17). The van der Waals surface area contributed by atoms with Crippen molar-refractivity contribution in [3.8, 4) is 0 Å². The average molecular weight is 396 g/mol. The Morgan fingerprint density at radius 3 is 2.78 bits per heavy atom. The molecule has 0 radical (unpaired) electrons. The van der Waals surface area contributed by atoms with Crippen LogP contribution < -0.4 is 5.32 Å². The number of fused-ring (bicyclic) bond motifs is 1. The van der Waals surface area contributed by atoms with E-state index in [1.165, 1.54) is 23.5 Å². The van der Waals surface area contributed by atoms with Gasteiger partial charge in [-0.05, 0) is 41.9 Å². The molecule has 0 spiro atoms. The highest BCUT2D eigenvalue weighted by Gasteiger charge is 2.24. The monoisotopic (exact) mass is 394 g/mol.